The maximum atomic E-state index is 12.5. The zero-order valence-corrected chi connectivity index (χ0v) is 37.6. The number of aliphatic hydroxyl groups excluding tert-OH is 3. The molecule has 4 N–H and O–H groups in total. The van der Waals surface area contributed by atoms with Crippen LogP contribution in [0.2, 0.25) is 0 Å². The van der Waals surface area contributed by atoms with Gasteiger partial charge in [-0.25, -0.2) is 0 Å². The van der Waals surface area contributed by atoms with Gasteiger partial charge < -0.3 is 20.6 Å². The maximum Gasteiger partial charge on any atom is 0.249 e. The molecule has 0 aromatic carbocycles. The van der Waals surface area contributed by atoms with Crippen molar-refractivity contribution in [1.29, 1.82) is 0 Å². The zero-order valence-electron chi connectivity index (χ0n) is 37.6. The second kappa shape index (κ2) is 46.0. The molecule has 0 spiro atoms. The van der Waals surface area contributed by atoms with Gasteiger partial charge in [-0.3, -0.25) is 4.79 Å². The van der Waals surface area contributed by atoms with E-state index in [4.69, 9.17) is 0 Å². The van der Waals surface area contributed by atoms with Crippen LogP contribution >= 0.6 is 0 Å². The van der Waals surface area contributed by atoms with Crippen molar-refractivity contribution in [3.8, 4) is 0 Å². The first-order valence-electron chi connectivity index (χ1n) is 25.3. The molecule has 0 aromatic rings. The van der Waals surface area contributed by atoms with Crippen LogP contribution in [0.5, 0.6) is 0 Å². The third-order valence-electron chi connectivity index (χ3n) is 12.2. The Bertz CT molecular complexity index is 733. The summed E-state index contributed by atoms with van der Waals surface area (Å²) >= 11 is 0. The molecule has 3 atom stereocenters. The first kappa shape index (κ1) is 54.3. The van der Waals surface area contributed by atoms with Gasteiger partial charge in [-0.1, -0.05) is 277 Å². The summed E-state index contributed by atoms with van der Waals surface area (Å²) in [4.78, 5) is 12.5. The molecule has 3 unspecified atom stereocenters. The topological polar surface area (TPSA) is 89.8 Å². The molecule has 1 amide bonds. The lowest BCUT2D eigenvalue weighted by Gasteiger charge is -2.23. The number of carbonyl (C=O) groups excluding carboxylic acids is 1. The molecule has 330 valence electrons. The van der Waals surface area contributed by atoms with Crippen LogP contribution in [0, 0.1) is 0 Å². The third-order valence-corrected chi connectivity index (χ3v) is 12.2. The molecule has 5 heteroatoms. The van der Waals surface area contributed by atoms with Crippen molar-refractivity contribution < 1.29 is 20.1 Å². The standard InChI is InChI=1S/C50H101NO4/c1-3-5-7-9-11-13-15-17-18-19-20-21-22-23-24-25-26-27-28-29-30-31-32-33-35-37-39-41-43-45-49(54)50(55)51-47(46-52)48(53)44-42-40-38-36-34-16-14-12-10-8-6-4-2/h47-49,52-54H,3-46H2,1-2H3,(H,51,55). The minimum atomic E-state index is -1.07. The summed E-state index contributed by atoms with van der Waals surface area (Å²) in [7, 11) is 0. The van der Waals surface area contributed by atoms with Crippen LogP contribution in [0.15, 0.2) is 0 Å². The second-order valence-electron chi connectivity index (χ2n) is 17.7. The van der Waals surface area contributed by atoms with Crippen LogP contribution in [0.4, 0.5) is 0 Å². The number of unbranched alkanes of at least 4 members (excludes halogenated alkanes) is 39. The van der Waals surface area contributed by atoms with E-state index in [2.05, 4.69) is 19.2 Å². The predicted molar refractivity (Wildman–Crippen MR) is 241 cm³/mol. The van der Waals surface area contributed by atoms with Crippen molar-refractivity contribution >= 4 is 5.91 Å². The Kier molecular flexibility index (Phi) is 45.5. The Morgan fingerprint density at radius 2 is 0.582 bits per heavy atom. The average molecular weight is 780 g/mol. The van der Waals surface area contributed by atoms with Gasteiger partial charge in [-0.05, 0) is 12.8 Å². The van der Waals surface area contributed by atoms with E-state index < -0.39 is 24.2 Å². The summed E-state index contributed by atoms with van der Waals surface area (Å²) in [6.45, 7) is 4.25. The molecule has 0 bridgehead atoms. The Labute approximate surface area is 345 Å². The molecule has 0 fully saturated rings. The molecule has 5 nitrogen and oxygen atoms in total. The van der Waals surface area contributed by atoms with Gasteiger partial charge in [-0.15, -0.1) is 0 Å². The number of nitrogens with one attached hydrogen (secondary N) is 1. The SMILES string of the molecule is CCCCCCCCCCCCCCCCCCCCCCCCCCCCCCCC(O)C(=O)NC(CO)C(O)CCCCCCCCCCCCCC. The van der Waals surface area contributed by atoms with Crippen molar-refractivity contribution in [2.45, 2.75) is 308 Å². The Hall–Kier alpha value is -0.650. The van der Waals surface area contributed by atoms with Crippen LogP contribution in [-0.2, 0) is 4.79 Å². The minimum Gasteiger partial charge on any atom is -0.394 e. The molecule has 0 aliphatic rings. The first-order valence-corrected chi connectivity index (χ1v) is 25.3. The smallest absolute Gasteiger partial charge is 0.249 e. The number of carbonyl (C=O) groups is 1. The molecule has 0 saturated carbocycles. The normalized spacial score (nSPS) is 13.3. The van der Waals surface area contributed by atoms with Crippen LogP contribution in [0.25, 0.3) is 0 Å². The van der Waals surface area contributed by atoms with Gasteiger partial charge in [0, 0.05) is 0 Å². The molecule has 0 aliphatic heterocycles. The van der Waals surface area contributed by atoms with E-state index in [0.29, 0.717) is 12.8 Å². The molecule has 55 heavy (non-hydrogen) atoms. The third kappa shape index (κ3) is 41.3. The van der Waals surface area contributed by atoms with Crippen molar-refractivity contribution in [3.63, 3.8) is 0 Å². The summed E-state index contributed by atoms with van der Waals surface area (Å²) < 4.78 is 0. The highest BCUT2D eigenvalue weighted by molar-refractivity contribution is 5.80. The van der Waals surface area contributed by atoms with Gasteiger partial charge >= 0.3 is 0 Å². The highest BCUT2D eigenvalue weighted by Crippen LogP contribution is 2.18. The highest BCUT2D eigenvalue weighted by Gasteiger charge is 2.23. The molecular formula is C50H101NO4. The fourth-order valence-electron chi connectivity index (χ4n) is 8.25. The van der Waals surface area contributed by atoms with Crippen LogP contribution < -0.4 is 5.32 Å². The lowest BCUT2D eigenvalue weighted by Crippen LogP contribution is -2.49. The molecule has 0 saturated heterocycles. The van der Waals surface area contributed by atoms with Crippen LogP contribution in [-0.4, -0.2) is 46.1 Å². The van der Waals surface area contributed by atoms with Gasteiger partial charge in [0.1, 0.15) is 6.10 Å². The number of hydrogen-bond acceptors (Lipinski definition) is 4. The Morgan fingerprint density at radius 3 is 0.818 bits per heavy atom. The number of hydrogen-bond donors (Lipinski definition) is 4. The predicted octanol–water partition coefficient (Wildman–Crippen LogP) is 15.0. The van der Waals surface area contributed by atoms with Crippen molar-refractivity contribution in [1.82, 2.24) is 5.32 Å². The van der Waals surface area contributed by atoms with E-state index in [1.807, 2.05) is 0 Å². The molecular weight excluding hydrogens is 679 g/mol. The van der Waals surface area contributed by atoms with Gasteiger partial charge in [0.05, 0.1) is 18.8 Å². The quantitative estimate of drug-likeness (QED) is 0.0463. The van der Waals surface area contributed by atoms with Gasteiger partial charge in [0.15, 0.2) is 0 Å². The summed E-state index contributed by atoms with van der Waals surface area (Å²) in [6, 6.07) is -0.705. The lowest BCUT2D eigenvalue weighted by molar-refractivity contribution is -0.131. The molecule has 0 radical (unpaired) electrons. The summed E-state index contributed by atoms with van der Waals surface area (Å²) in [5.74, 6) is -0.465. The maximum absolute atomic E-state index is 12.5. The number of amides is 1. The number of aliphatic hydroxyl groups is 3. The molecule has 0 aliphatic carbocycles. The number of rotatable bonds is 47. The second-order valence-corrected chi connectivity index (χ2v) is 17.7. The minimum absolute atomic E-state index is 0.308. The first-order chi connectivity index (χ1) is 27.1. The van der Waals surface area contributed by atoms with E-state index in [-0.39, 0.29) is 6.61 Å². The van der Waals surface area contributed by atoms with Gasteiger partial charge in [0.2, 0.25) is 5.91 Å². The monoisotopic (exact) mass is 780 g/mol. The van der Waals surface area contributed by atoms with E-state index in [1.165, 1.54) is 231 Å². The van der Waals surface area contributed by atoms with Gasteiger partial charge in [-0.2, -0.15) is 0 Å². The average Bonchev–Trinajstić information content (AvgIpc) is 3.19. The Morgan fingerprint density at radius 1 is 0.364 bits per heavy atom. The van der Waals surface area contributed by atoms with Crippen LogP contribution in [0.3, 0.4) is 0 Å². The van der Waals surface area contributed by atoms with Crippen LogP contribution in [0.1, 0.15) is 290 Å². The van der Waals surface area contributed by atoms with Crippen molar-refractivity contribution in [2.24, 2.45) is 0 Å². The molecule has 0 aromatic heterocycles. The molecule has 0 heterocycles. The van der Waals surface area contributed by atoms with E-state index >= 15 is 0 Å². The fraction of sp³-hybridized carbons (Fsp3) is 0.980. The van der Waals surface area contributed by atoms with Crippen molar-refractivity contribution in [2.75, 3.05) is 6.61 Å². The van der Waals surface area contributed by atoms with Gasteiger partial charge in [0.25, 0.3) is 0 Å². The fourth-order valence-corrected chi connectivity index (χ4v) is 8.25. The lowest BCUT2D eigenvalue weighted by atomic mass is 10.0. The zero-order chi connectivity index (χ0) is 40.1. The summed E-state index contributed by atoms with van der Waals surface area (Å²) in [6.07, 6.45) is 54.3. The Balaban J connectivity index is 3.45. The van der Waals surface area contributed by atoms with Crippen molar-refractivity contribution in [3.05, 3.63) is 0 Å². The van der Waals surface area contributed by atoms with E-state index in [0.717, 1.165) is 32.1 Å². The highest BCUT2D eigenvalue weighted by atomic mass is 16.3. The van der Waals surface area contributed by atoms with E-state index in [1.54, 1.807) is 0 Å². The summed E-state index contributed by atoms with van der Waals surface area (Å²) in [5, 5.41) is 33.3. The summed E-state index contributed by atoms with van der Waals surface area (Å²) in [5.41, 5.74) is 0. The largest absolute Gasteiger partial charge is 0.394 e. The molecule has 0 rings (SSSR count). The van der Waals surface area contributed by atoms with E-state index in [9.17, 15) is 20.1 Å².